The Balaban J connectivity index is 2.24. The van der Waals surface area contributed by atoms with E-state index < -0.39 is 0 Å². The molecule has 0 saturated heterocycles. The van der Waals surface area contributed by atoms with Gasteiger partial charge in [0.2, 0.25) is 0 Å². The van der Waals surface area contributed by atoms with Crippen LogP contribution in [0.15, 0.2) is 18.2 Å². The van der Waals surface area contributed by atoms with Gasteiger partial charge < -0.3 is 15.7 Å². The fraction of sp³-hybridized carbons (Fsp3) is 0.500. The number of nitrogen functional groups attached to an aromatic ring is 1. The molecular formula is C14H20N2O2. The van der Waals surface area contributed by atoms with Crippen molar-refractivity contribution in [3.8, 4) is 0 Å². The zero-order valence-electron chi connectivity index (χ0n) is 10.7. The molecule has 1 amide bonds. The van der Waals surface area contributed by atoms with E-state index in [1.165, 1.54) is 0 Å². The third kappa shape index (κ3) is 2.34. The van der Waals surface area contributed by atoms with Gasteiger partial charge in [0.25, 0.3) is 5.91 Å². The molecule has 3 N–H and O–H groups in total. The number of aliphatic hydroxyl groups is 1. The predicted molar refractivity (Wildman–Crippen MR) is 71.4 cm³/mol. The zero-order valence-corrected chi connectivity index (χ0v) is 10.7. The highest BCUT2D eigenvalue weighted by Gasteiger charge is 2.29. The Kier molecular flexibility index (Phi) is 3.87. The van der Waals surface area contributed by atoms with Crippen molar-refractivity contribution >= 4 is 11.6 Å². The van der Waals surface area contributed by atoms with Gasteiger partial charge in [-0.1, -0.05) is 12.1 Å². The minimum atomic E-state index is -0.0602. The molecule has 1 aliphatic rings. The first-order chi connectivity index (χ1) is 8.65. The topological polar surface area (TPSA) is 66.6 Å². The number of para-hydroxylation sites is 1. The molecule has 0 aliphatic heterocycles. The fourth-order valence-corrected chi connectivity index (χ4v) is 2.28. The largest absolute Gasteiger partial charge is 0.398 e. The molecule has 1 aromatic carbocycles. The second-order valence-corrected chi connectivity index (χ2v) is 4.84. The molecule has 1 aliphatic carbocycles. The quantitative estimate of drug-likeness (QED) is 0.795. The van der Waals surface area contributed by atoms with Crippen LogP contribution in [-0.4, -0.2) is 35.1 Å². The Labute approximate surface area is 107 Å². The molecule has 1 fully saturated rings. The number of hydrogen-bond acceptors (Lipinski definition) is 3. The maximum atomic E-state index is 12.5. The van der Waals surface area contributed by atoms with Crippen LogP contribution >= 0.6 is 0 Å². The summed E-state index contributed by atoms with van der Waals surface area (Å²) in [5, 5.41) is 9.10. The molecule has 18 heavy (non-hydrogen) atoms. The van der Waals surface area contributed by atoms with Gasteiger partial charge in [-0.25, -0.2) is 0 Å². The molecule has 1 aromatic rings. The van der Waals surface area contributed by atoms with Gasteiger partial charge in [0.15, 0.2) is 0 Å². The van der Waals surface area contributed by atoms with Crippen LogP contribution in [0.4, 0.5) is 5.69 Å². The maximum Gasteiger partial charge on any atom is 0.256 e. The van der Waals surface area contributed by atoms with E-state index in [0.717, 1.165) is 24.8 Å². The Hall–Kier alpha value is -1.55. The standard InChI is InChI=1S/C14H20N2O2/c1-10-4-2-7-12(13(10)15)14(18)16(8-9-17)11-5-3-6-11/h2,4,7,11,17H,3,5-6,8-9,15H2,1H3. The number of carbonyl (C=O) groups excluding carboxylic acids is 1. The Morgan fingerprint density at radius 2 is 2.22 bits per heavy atom. The van der Waals surface area contributed by atoms with Crippen LogP contribution in [0.3, 0.4) is 0 Å². The van der Waals surface area contributed by atoms with Crippen LogP contribution in [0.25, 0.3) is 0 Å². The SMILES string of the molecule is Cc1cccc(C(=O)N(CCO)C2CCC2)c1N. The average Bonchev–Trinajstić information content (AvgIpc) is 2.29. The number of rotatable bonds is 4. The monoisotopic (exact) mass is 248 g/mol. The van der Waals surface area contributed by atoms with Gasteiger partial charge >= 0.3 is 0 Å². The van der Waals surface area contributed by atoms with Crippen LogP contribution in [0.5, 0.6) is 0 Å². The summed E-state index contributed by atoms with van der Waals surface area (Å²) >= 11 is 0. The van der Waals surface area contributed by atoms with Crippen molar-refractivity contribution in [1.82, 2.24) is 4.90 Å². The minimum Gasteiger partial charge on any atom is -0.398 e. The fourth-order valence-electron chi connectivity index (χ4n) is 2.28. The number of hydrogen-bond donors (Lipinski definition) is 2. The molecule has 0 aromatic heterocycles. The molecule has 98 valence electrons. The van der Waals surface area contributed by atoms with Gasteiger partial charge in [-0.15, -0.1) is 0 Å². The second kappa shape index (κ2) is 5.40. The lowest BCUT2D eigenvalue weighted by Gasteiger charge is -2.37. The summed E-state index contributed by atoms with van der Waals surface area (Å²) in [7, 11) is 0. The van der Waals surface area contributed by atoms with Crippen LogP contribution in [0.2, 0.25) is 0 Å². The van der Waals surface area contributed by atoms with E-state index in [-0.39, 0.29) is 18.6 Å². The van der Waals surface area contributed by atoms with Crippen molar-refractivity contribution in [1.29, 1.82) is 0 Å². The Bertz CT molecular complexity index is 441. The number of amides is 1. The summed E-state index contributed by atoms with van der Waals surface area (Å²) < 4.78 is 0. The number of benzene rings is 1. The third-order valence-electron chi connectivity index (χ3n) is 3.67. The summed E-state index contributed by atoms with van der Waals surface area (Å²) in [5.41, 5.74) is 7.98. The van der Waals surface area contributed by atoms with Crippen LogP contribution < -0.4 is 5.73 Å². The van der Waals surface area contributed by atoms with Gasteiger partial charge in [-0.3, -0.25) is 4.79 Å². The van der Waals surface area contributed by atoms with Crippen molar-refractivity contribution in [2.45, 2.75) is 32.2 Å². The first kappa shape index (κ1) is 12.9. The normalized spacial score (nSPS) is 15.2. The van der Waals surface area contributed by atoms with Crippen LogP contribution in [0.1, 0.15) is 35.2 Å². The molecule has 0 unspecified atom stereocenters. The van der Waals surface area contributed by atoms with E-state index in [2.05, 4.69) is 0 Å². The lowest BCUT2D eigenvalue weighted by Crippen LogP contribution is -2.45. The lowest BCUT2D eigenvalue weighted by molar-refractivity contribution is 0.0527. The highest BCUT2D eigenvalue weighted by atomic mass is 16.3. The smallest absolute Gasteiger partial charge is 0.256 e. The lowest BCUT2D eigenvalue weighted by atomic mass is 9.90. The van der Waals surface area contributed by atoms with Gasteiger partial charge in [0.05, 0.1) is 12.2 Å². The summed E-state index contributed by atoms with van der Waals surface area (Å²) in [6.07, 6.45) is 3.21. The summed E-state index contributed by atoms with van der Waals surface area (Å²) in [6.45, 7) is 2.27. The first-order valence-electron chi connectivity index (χ1n) is 6.42. The van der Waals surface area contributed by atoms with Crippen molar-refractivity contribution in [3.05, 3.63) is 29.3 Å². The van der Waals surface area contributed by atoms with Crippen LogP contribution in [-0.2, 0) is 0 Å². The summed E-state index contributed by atoms with van der Waals surface area (Å²) in [4.78, 5) is 14.2. The van der Waals surface area contributed by atoms with Crippen molar-refractivity contribution in [2.75, 3.05) is 18.9 Å². The molecule has 4 heteroatoms. The summed E-state index contributed by atoms with van der Waals surface area (Å²) in [5.74, 6) is -0.0602. The highest BCUT2D eigenvalue weighted by molar-refractivity contribution is 6.00. The first-order valence-corrected chi connectivity index (χ1v) is 6.42. The molecular weight excluding hydrogens is 228 g/mol. The number of aliphatic hydroxyl groups excluding tert-OH is 1. The Morgan fingerprint density at radius 3 is 2.78 bits per heavy atom. The summed E-state index contributed by atoms with van der Waals surface area (Å²) in [6, 6.07) is 5.76. The zero-order chi connectivity index (χ0) is 13.1. The molecule has 4 nitrogen and oxygen atoms in total. The Morgan fingerprint density at radius 1 is 1.50 bits per heavy atom. The maximum absolute atomic E-state index is 12.5. The van der Waals surface area contributed by atoms with E-state index in [0.29, 0.717) is 17.8 Å². The van der Waals surface area contributed by atoms with E-state index in [1.807, 2.05) is 19.1 Å². The van der Waals surface area contributed by atoms with Gasteiger partial charge in [0.1, 0.15) is 0 Å². The van der Waals surface area contributed by atoms with E-state index in [1.54, 1.807) is 11.0 Å². The molecule has 0 heterocycles. The van der Waals surface area contributed by atoms with E-state index in [9.17, 15) is 4.79 Å². The molecule has 0 spiro atoms. The predicted octanol–water partition coefficient (Wildman–Crippen LogP) is 1.56. The van der Waals surface area contributed by atoms with Crippen molar-refractivity contribution < 1.29 is 9.90 Å². The third-order valence-corrected chi connectivity index (χ3v) is 3.67. The van der Waals surface area contributed by atoms with Crippen molar-refractivity contribution in [2.24, 2.45) is 0 Å². The molecule has 0 atom stereocenters. The second-order valence-electron chi connectivity index (χ2n) is 4.84. The number of carbonyl (C=O) groups is 1. The highest BCUT2D eigenvalue weighted by Crippen LogP contribution is 2.27. The van der Waals surface area contributed by atoms with E-state index >= 15 is 0 Å². The number of nitrogens with zero attached hydrogens (tertiary/aromatic N) is 1. The molecule has 2 rings (SSSR count). The minimum absolute atomic E-state index is 0.00599. The molecule has 1 saturated carbocycles. The van der Waals surface area contributed by atoms with Crippen LogP contribution in [0, 0.1) is 6.92 Å². The van der Waals surface area contributed by atoms with E-state index in [4.69, 9.17) is 10.8 Å². The van der Waals surface area contributed by atoms with Gasteiger partial charge in [-0.05, 0) is 37.8 Å². The van der Waals surface area contributed by atoms with Gasteiger partial charge in [-0.2, -0.15) is 0 Å². The molecule has 0 radical (unpaired) electrons. The number of anilines is 1. The number of aryl methyl sites for hydroxylation is 1. The van der Waals surface area contributed by atoms with Gasteiger partial charge in [0, 0.05) is 18.3 Å². The molecule has 0 bridgehead atoms. The van der Waals surface area contributed by atoms with Crippen molar-refractivity contribution in [3.63, 3.8) is 0 Å². The average molecular weight is 248 g/mol. The number of nitrogens with two attached hydrogens (primary N) is 1.